The molecule has 9 nitrogen and oxygen atoms in total. The first-order valence-corrected chi connectivity index (χ1v) is 10.7. The highest BCUT2D eigenvalue weighted by atomic mass is 127. The molecule has 0 aliphatic carbocycles. The second kappa shape index (κ2) is 9.81. The maximum absolute atomic E-state index is 13.1. The third-order valence-electron chi connectivity index (χ3n) is 4.55. The van der Waals surface area contributed by atoms with Crippen molar-refractivity contribution in [3.05, 3.63) is 75.1 Å². The molecule has 2 amide bonds. The second-order valence-corrected chi connectivity index (χ2v) is 7.79. The Hall–Kier alpha value is -3.74. The largest absolute Gasteiger partial charge is 0.457 e. The van der Waals surface area contributed by atoms with Crippen molar-refractivity contribution in [3.63, 3.8) is 0 Å². The van der Waals surface area contributed by atoms with Crippen LogP contribution in [0.1, 0.15) is 26.4 Å². The number of nitrogens with one attached hydrogen (secondary N) is 2. The molecule has 0 atom stereocenters. The summed E-state index contributed by atoms with van der Waals surface area (Å²) in [7, 11) is 1.52. The first-order chi connectivity index (χ1) is 16.0. The molecule has 0 aliphatic heterocycles. The van der Waals surface area contributed by atoms with E-state index in [2.05, 4.69) is 30.8 Å². The number of carbonyl (C=O) groups excluding carboxylic acids is 2. The normalized spacial score (nSPS) is 10.6. The van der Waals surface area contributed by atoms with Gasteiger partial charge in [0.05, 0.1) is 11.1 Å². The molecule has 166 valence electrons. The monoisotopic (exact) mass is 558 g/mol. The SMILES string of the molecule is CNC(=O)c1cc(Oc2ccc3nc(NC(=O)c4cccc(CF)c4I)nnc3c2)ccn1. The van der Waals surface area contributed by atoms with Crippen molar-refractivity contribution in [3.8, 4) is 11.5 Å². The van der Waals surface area contributed by atoms with Gasteiger partial charge in [0.2, 0.25) is 5.95 Å². The molecule has 11 heteroatoms. The Morgan fingerprint density at radius 1 is 1.03 bits per heavy atom. The van der Waals surface area contributed by atoms with Crippen LogP contribution in [0.25, 0.3) is 11.0 Å². The summed E-state index contributed by atoms with van der Waals surface area (Å²) >= 11 is 1.94. The average Bonchev–Trinajstić information content (AvgIpc) is 2.83. The van der Waals surface area contributed by atoms with Crippen LogP contribution in [0, 0.1) is 3.57 Å². The third-order valence-corrected chi connectivity index (χ3v) is 5.82. The summed E-state index contributed by atoms with van der Waals surface area (Å²) in [6.07, 6.45) is 1.47. The smallest absolute Gasteiger partial charge is 0.269 e. The number of rotatable bonds is 6. The number of amides is 2. The van der Waals surface area contributed by atoms with Gasteiger partial charge in [-0.15, -0.1) is 10.2 Å². The lowest BCUT2D eigenvalue weighted by Gasteiger charge is -2.09. The van der Waals surface area contributed by atoms with Crippen LogP contribution in [-0.4, -0.2) is 39.0 Å². The van der Waals surface area contributed by atoms with Crippen LogP contribution in [0.5, 0.6) is 11.5 Å². The van der Waals surface area contributed by atoms with Crippen LogP contribution in [-0.2, 0) is 6.67 Å². The van der Waals surface area contributed by atoms with Crippen LogP contribution >= 0.6 is 22.6 Å². The minimum atomic E-state index is -0.662. The van der Waals surface area contributed by atoms with Gasteiger partial charge in [-0.2, -0.15) is 0 Å². The number of halogens is 2. The Morgan fingerprint density at radius 2 is 1.85 bits per heavy atom. The molecule has 4 aromatic rings. The van der Waals surface area contributed by atoms with E-state index in [-0.39, 0.29) is 17.5 Å². The molecule has 0 spiro atoms. The van der Waals surface area contributed by atoms with Crippen molar-refractivity contribution in [1.82, 2.24) is 25.5 Å². The number of anilines is 1. The fourth-order valence-corrected chi connectivity index (χ4v) is 3.67. The highest BCUT2D eigenvalue weighted by Crippen LogP contribution is 2.25. The first-order valence-electron chi connectivity index (χ1n) is 9.63. The molecular weight excluding hydrogens is 542 g/mol. The second-order valence-electron chi connectivity index (χ2n) is 6.71. The molecule has 0 unspecified atom stereocenters. The zero-order chi connectivity index (χ0) is 23.4. The first kappa shape index (κ1) is 22.5. The van der Waals surface area contributed by atoms with Gasteiger partial charge in [0, 0.05) is 28.9 Å². The molecule has 0 bridgehead atoms. The van der Waals surface area contributed by atoms with E-state index in [1.807, 2.05) is 22.6 Å². The number of aromatic nitrogens is 4. The number of benzene rings is 2. The zero-order valence-corrected chi connectivity index (χ0v) is 19.3. The molecule has 33 heavy (non-hydrogen) atoms. The Kier molecular flexibility index (Phi) is 6.68. The number of hydrogen-bond acceptors (Lipinski definition) is 7. The molecule has 2 heterocycles. The molecule has 0 saturated heterocycles. The molecule has 2 N–H and O–H groups in total. The number of hydrogen-bond donors (Lipinski definition) is 2. The molecule has 0 aliphatic rings. The van der Waals surface area contributed by atoms with Gasteiger partial charge < -0.3 is 10.1 Å². The number of carbonyl (C=O) groups is 2. The van der Waals surface area contributed by atoms with Crippen LogP contribution < -0.4 is 15.4 Å². The molecule has 2 aromatic heterocycles. The van der Waals surface area contributed by atoms with E-state index >= 15 is 0 Å². The van der Waals surface area contributed by atoms with Crippen molar-refractivity contribution >= 4 is 51.4 Å². The van der Waals surface area contributed by atoms with Crippen LogP contribution in [0.15, 0.2) is 54.7 Å². The van der Waals surface area contributed by atoms with Gasteiger partial charge >= 0.3 is 0 Å². The Morgan fingerprint density at radius 3 is 2.64 bits per heavy atom. The highest BCUT2D eigenvalue weighted by molar-refractivity contribution is 14.1. The van der Waals surface area contributed by atoms with Gasteiger partial charge in [-0.1, -0.05) is 12.1 Å². The fraction of sp³-hybridized carbons (Fsp3) is 0.0909. The van der Waals surface area contributed by atoms with E-state index in [1.165, 1.54) is 19.3 Å². The Balaban J connectivity index is 1.52. The molecular formula is C22H16FIN6O3. The summed E-state index contributed by atoms with van der Waals surface area (Å²) in [6.45, 7) is -0.662. The number of alkyl halides is 1. The van der Waals surface area contributed by atoms with E-state index in [9.17, 15) is 14.0 Å². The minimum absolute atomic E-state index is 0.0203. The van der Waals surface area contributed by atoms with Crippen molar-refractivity contribution in [2.75, 3.05) is 12.4 Å². The summed E-state index contributed by atoms with van der Waals surface area (Å²) in [5, 5.41) is 13.1. The van der Waals surface area contributed by atoms with E-state index in [0.29, 0.717) is 37.2 Å². The summed E-state index contributed by atoms with van der Waals surface area (Å²) in [6, 6.07) is 13.0. The number of nitrogens with zero attached hydrogens (tertiary/aromatic N) is 4. The van der Waals surface area contributed by atoms with Gasteiger partial charge in [0.25, 0.3) is 11.8 Å². The predicted octanol–water partition coefficient (Wildman–Crippen LogP) is 3.90. The van der Waals surface area contributed by atoms with E-state index in [0.717, 1.165) is 0 Å². The minimum Gasteiger partial charge on any atom is -0.457 e. The third kappa shape index (κ3) is 5.03. The topological polar surface area (TPSA) is 119 Å². The molecule has 4 rings (SSSR count). The summed E-state index contributed by atoms with van der Waals surface area (Å²) in [4.78, 5) is 32.6. The van der Waals surface area contributed by atoms with E-state index < -0.39 is 12.6 Å². The lowest BCUT2D eigenvalue weighted by Crippen LogP contribution is -2.18. The molecule has 0 saturated carbocycles. The lowest BCUT2D eigenvalue weighted by molar-refractivity contribution is 0.0957. The van der Waals surface area contributed by atoms with Crippen LogP contribution in [0.2, 0.25) is 0 Å². The Labute approximate surface area is 200 Å². The molecule has 2 aromatic carbocycles. The van der Waals surface area contributed by atoms with E-state index in [4.69, 9.17) is 4.74 Å². The van der Waals surface area contributed by atoms with Gasteiger partial charge in [0.15, 0.2) is 0 Å². The van der Waals surface area contributed by atoms with Gasteiger partial charge in [-0.05, 0) is 52.4 Å². The fourth-order valence-electron chi connectivity index (χ4n) is 2.92. The Bertz CT molecular complexity index is 1370. The standard InChI is InChI=1S/C22H16FIN6O3/c1-25-21(32)18-10-14(7-8-26-18)33-13-5-6-16-17(9-13)29-30-22(27-16)28-20(31)15-4-2-3-12(11-23)19(15)24/h2-10H,11H2,1H3,(H,25,32)(H,27,28,30,31). The number of fused-ring (bicyclic) bond motifs is 1. The maximum Gasteiger partial charge on any atom is 0.269 e. The quantitative estimate of drug-likeness (QED) is 0.345. The maximum atomic E-state index is 13.1. The van der Waals surface area contributed by atoms with Crippen molar-refractivity contribution < 1.29 is 18.7 Å². The number of pyridine rings is 1. The van der Waals surface area contributed by atoms with Gasteiger partial charge in [-0.3, -0.25) is 19.9 Å². The number of ether oxygens (including phenoxy) is 1. The van der Waals surface area contributed by atoms with Crippen molar-refractivity contribution in [1.29, 1.82) is 0 Å². The predicted molar refractivity (Wildman–Crippen MR) is 127 cm³/mol. The summed E-state index contributed by atoms with van der Waals surface area (Å²) in [5.41, 5.74) is 1.92. The van der Waals surface area contributed by atoms with Crippen LogP contribution in [0.4, 0.5) is 10.3 Å². The lowest BCUT2D eigenvalue weighted by atomic mass is 10.1. The average molecular weight is 558 g/mol. The highest BCUT2D eigenvalue weighted by Gasteiger charge is 2.15. The zero-order valence-electron chi connectivity index (χ0n) is 17.2. The van der Waals surface area contributed by atoms with Crippen molar-refractivity contribution in [2.24, 2.45) is 0 Å². The van der Waals surface area contributed by atoms with Crippen molar-refractivity contribution in [2.45, 2.75) is 6.67 Å². The summed E-state index contributed by atoms with van der Waals surface area (Å²) in [5.74, 6) is 0.127. The van der Waals surface area contributed by atoms with Crippen LogP contribution in [0.3, 0.4) is 0 Å². The molecule has 0 radical (unpaired) electrons. The van der Waals surface area contributed by atoms with Gasteiger partial charge in [0.1, 0.15) is 29.4 Å². The van der Waals surface area contributed by atoms with Gasteiger partial charge in [-0.25, -0.2) is 9.37 Å². The van der Waals surface area contributed by atoms with E-state index in [1.54, 1.807) is 42.5 Å². The molecule has 0 fully saturated rings. The summed E-state index contributed by atoms with van der Waals surface area (Å²) < 4.78 is 19.4.